The number of anilines is 1. The second-order valence-corrected chi connectivity index (χ2v) is 6.25. The van der Waals surface area contributed by atoms with E-state index < -0.39 is 0 Å². The monoisotopic (exact) mass is 335 g/mol. The van der Waals surface area contributed by atoms with E-state index in [1.807, 2.05) is 38.1 Å². The maximum absolute atomic E-state index is 12.5. The molecule has 0 unspecified atom stereocenters. The van der Waals surface area contributed by atoms with Crippen LogP contribution in [0.3, 0.4) is 0 Å². The summed E-state index contributed by atoms with van der Waals surface area (Å²) in [5.74, 6) is 0.546. The van der Waals surface area contributed by atoms with Crippen molar-refractivity contribution in [2.75, 3.05) is 5.32 Å². The van der Waals surface area contributed by atoms with Crippen LogP contribution in [0.25, 0.3) is 11.4 Å². The molecule has 0 saturated heterocycles. The van der Waals surface area contributed by atoms with E-state index in [4.69, 9.17) is 0 Å². The van der Waals surface area contributed by atoms with E-state index in [1.54, 1.807) is 12.4 Å². The van der Waals surface area contributed by atoms with E-state index in [0.717, 1.165) is 29.8 Å². The van der Waals surface area contributed by atoms with Gasteiger partial charge in [0.1, 0.15) is 12.0 Å². The van der Waals surface area contributed by atoms with Crippen molar-refractivity contribution in [3.05, 3.63) is 55.0 Å². The van der Waals surface area contributed by atoms with Crippen LogP contribution in [0, 0.1) is 0 Å². The Morgan fingerprint density at radius 3 is 2.88 bits per heavy atom. The van der Waals surface area contributed by atoms with E-state index in [1.165, 1.54) is 6.20 Å². The summed E-state index contributed by atoms with van der Waals surface area (Å²) in [7, 11) is 0. The minimum absolute atomic E-state index is 0.276. The van der Waals surface area contributed by atoms with Gasteiger partial charge in [-0.25, -0.2) is 0 Å². The standard InChI is InChI=1S/C19H21N5O/c1-4-20-17(10-13(2)3)19(25)22-15-7-5-6-14(11-15)18-23-21-12-24(18)16-8-9-16/h4-7,10-12,16H,1,8-9H2,2-3H3,(H,22,25). The molecule has 6 nitrogen and oxygen atoms in total. The number of carbonyl (C=O) groups excluding carboxylic acids is 1. The van der Waals surface area contributed by atoms with Gasteiger partial charge in [0.25, 0.3) is 5.91 Å². The number of aromatic nitrogens is 3. The highest BCUT2D eigenvalue weighted by molar-refractivity contribution is 6.47. The Labute approximate surface area is 147 Å². The highest BCUT2D eigenvalue weighted by Crippen LogP contribution is 2.37. The largest absolute Gasteiger partial charge is 0.321 e. The van der Waals surface area contributed by atoms with Crippen molar-refractivity contribution in [1.29, 1.82) is 0 Å². The fourth-order valence-electron chi connectivity index (χ4n) is 2.53. The molecule has 1 heterocycles. The maximum atomic E-state index is 12.5. The first-order chi connectivity index (χ1) is 12.1. The molecule has 1 saturated carbocycles. The van der Waals surface area contributed by atoms with Gasteiger partial charge >= 0.3 is 0 Å². The summed E-state index contributed by atoms with van der Waals surface area (Å²) in [6, 6.07) is 8.09. The number of hydrogen-bond donors (Lipinski definition) is 1. The number of nitrogens with zero attached hydrogens (tertiary/aromatic N) is 4. The van der Waals surface area contributed by atoms with Gasteiger partial charge in [-0.15, -0.1) is 10.2 Å². The van der Waals surface area contributed by atoms with Crippen LogP contribution in [0.2, 0.25) is 0 Å². The number of nitrogens with one attached hydrogen (secondary N) is 1. The number of allylic oxidation sites excluding steroid dienone is 1. The number of amides is 1. The van der Waals surface area contributed by atoms with Gasteiger partial charge < -0.3 is 9.88 Å². The molecular formula is C19H21N5O. The van der Waals surface area contributed by atoms with E-state index >= 15 is 0 Å². The second kappa shape index (κ2) is 7.25. The molecule has 1 aliphatic carbocycles. The zero-order valence-electron chi connectivity index (χ0n) is 14.4. The summed E-state index contributed by atoms with van der Waals surface area (Å²) in [4.78, 5) is 16.5. The summed E-state index contributed by atoms with van der Waals surface area (Å²) < 4.78 is 2.09. The lowest BCUT2D eigenvalue weighted by atomic mass is 10.1. The van der Waals surface area contributed by atoms with Crippen LogP contribution in [0.15, 0.2) is 60.0 Å². The Balaban J connectivity index is 1.83. The fraction of sp³-hybridized carbons (Fsp3) is 0.263. The lowest BCUT2D eigenvalue weighted by Gasteiger charge is -2.09. The third-order valence-electron chi connectivity index (χ3n) is 3.78. The normalized spacial score (nSPS) is 14.1. The van der Waals surface area contributed by atoms with Crippen LogP contribution in [-0.4, -0.2) is 26.4 Å². The van der Waals surface area contributed by atoms with E-state index in [-0.39, 0.29) is 5.91 Å². The van der Waals surface area contributed by atoms with Gasteiger partial charge in [0, 0.05) is 23.5 Å². The maximum Gasteiger partial charge on any atom is 0.274 e. The minimum Gasteiger partial charge on any atom is -0.321 e. The number of aliphatic imine (C=N–C) groups is 1. The Bertz CT molecular complexity index is 854. The molecular weight excluding hydrogens is 314 g/mol. The summed E-state index contributed by atoms with van der Waals surface area (Å²) >= 11 is 0. The predicted octanol–water partition coefficient (Wildman–Crippen LogP) is 3.77. The van der Waals surface area contributed by atoms with Crippen molar-refractivity contribution < 1.29 is 4.79 Å². The number of benzene rings is 1. The molecule has 1 amide bonds. The smallest absolute Gasteiger partial charge is 0.274 e. The zero-order chi connectivity index (χ0) is 17.8. The van der Waals surface area contributed by atoms with Crippen molar-refractivity contribution >= 4 is 17.3 Å². The minimum atomic E-state index is -0.276. The second-order valence-electron chi connectivity index (χ2n) is 6.25. The molecule has 25 heavy (non-hydrogen) atoms. The summed E-state index contributed by atoms with van der Waals surface area (Å²) in [5.41, 5.74) is 2.92. The Kier molecular flexibility index (Phi) is 4.88. The highest BCUT2D eigenvalue weighted by Gasteiger charge is 2.26. The lowest BCUT2D eigenvalue weighted by molar-refractivity contribution is -0.110. The van der Waals surface area contributed by atoms with E-state index in [9.17, 15) is 4.79 Å². The molecule has 1 N–H and O–H groups in total. The molecule has 1 aromatic carbocycles. The van der Waals surface area contributed by atoms with Crippen LogP contribution < -0.4 is 5.32 Å². The van der Waals surface area contributed by atoms with Crippen LogP contribution in [0.5, 0.6) is 0 Å². The first-order valence-corrected chi connectivity index (χ1v) is 8.23. The van der Waals surface area contributed by atoms with Crippen LogP contribution in [0.1, 0.15) is 32.7 Å². The van der Waals surface area contributed by atoms with E-state index in [0.29, 0.717) is 17.4 Å². The highest BCUT2D eigenvalue weighted by atomic mass is 16.1. The topological polar surface area (TPSA) is 72.2 Å². The average molecular weight is 335 g/mol. The molecule has 0 aliphatic heterocycles. The SMILES string of the molecule is C=CN=C(C=C(C)C)C(=O)Nc1cccc(-c2nncn2C2CC2)c1. The van der Waals surface area contributed by atoms with Gasteiger partial charge in [-0.05, 0) is 44.9 Å². The molecule has 0 radical (unpaired) electrons. The van der Waals surface area contributed by atoms with Crippen LogP contribution in [-0.2, 0) is 4.79 Å². The van der Waals surface area contributed by atoms with Crippen molar-refractivity contribution in [3.63, 3.8) is 0 Å². The summed E-state index contributed by atoms with van der Waals surface area (Å²) in [6.45, 7) is 7.39. The molecule has 6 heteroatoms. The number of rotatable bonds is 6. The van der Waals surface area contributed by atoms with Gasteiger partial charge in [0.15, 0.2) is 5.82 Å². The van der Waals surface area contributed by atoms with Crippen LogP contribution in [0.4, 0.5) is 5.69 Å². The van der Waals surface area contributed by atoms with Gasteiger partial charge in [0.2, 0.25) is 0 Å². The van der Waals surface area contributed by atoms with Crippen molar-refractivity contribution in [2.24, 2.45) is 4.99 Å². The Hall–Kier alpha value is -3.02. The molecule has 0 bridgehead atoms. The molecule has 2 aromatic rings. The molecule has 1 fully saturated rings. The summed E-state index contributed by atoms with van der Waals surface area (Å²) in [5, 5.41) is 11.1. The first kappa shape index (κ1) is 16.8. The third kappa shape index (κ3) is 4.09. The molecule has 0 atom stereocenters. The average Bonchev–Trinajstić information content (AvgIpc) is 3.31. The zero-order valence-corrected chi connectivity index (χ0v) is 14.4. The molecule has 3 rings (SSSR count). The quantitative estimate of drug-likeness (QED) is 0.817. The number of hydrogen-bond acceptors (Lipinski definition) is 4. The Morgan fingerprint density at radius 1 is 1.40 bits per heavy atom. The summed E-state index contributed by atoms with van der Waals surface area (Å²) in [6.07, 6.45) is 7.17. The fourth-order valence-corrected chi connectivity index (χ4v) is 2.53. The molecule has 0 spiro atoms. The van der Waals surface area contributed by atoms with Gasteiger partial charge in [-0.1, -0.05) is 24.3 Å². The lowest BCUT2D eigenvalue weighted by Crippen LogP contribution is -2.21. The van der Waals surface area contributed by atoms with Gasteiger partial charge in [0.05, 0.1) is 0 Å². The Morgan fingerprint density at radius 2 is 2.20 bits per heavy atom. The van der Waals surface area contributed by atoms with Crippen LogP contribution >= 0.6 is 0 Å². The number of carbonyl (C=O) groups is 1. The molecule has 128 valence electrons. The molecule has 1 aliphatic rings. The molecule has 1 aromatic heterocycles. The third-order valence-corrected chi connectivity index (χ3v) is 3.78. The van der Waals surface area contributed by atoms with Gasteiger partial charge in [-0.3, -0.25) is 9.79 Å². The van der Waals surface area contributed by atoms with Crippen molar-refractivity contribution in [1.82, 2.24) is 14.8 Å². The van der Waals surface area contributed by atoms with Crippen molar-refractivity contribution in [3.8, 4) is 11.4 Å². The van der Waals surface area contributed by atoms with Crippen molar-refractivity contribution in [2.45, 2.75) is 32.7 Å². The van der Waals surface area contributed by atoms with E-state index in [2.05, 4.69) is 31.7 Å². The first-order valence-electron chi connectivity index (χ1n) is 8.23. The predicted molar refractivity (Wildman–Crippen MR) is 99.4 cm³/mol. The van der Waals surface area contributed by atoms with Gasteiger partial charge in [-0.2, -0.15) is 0 Å².